The number of carbonyl (C=O) groups is 2. The van der Waals surface area contributed by atoms with Gasteiger partial charge in [0.1, 0.15) is 17.7 Å². The zero-order valence-corrected chi connectivity index (χ0v) is 14.2. The zero-order valence-electron chi connectivity index (χ0n) is 14.2. The van der Waals surface area contributed by atoms with Crippen LogP contribution in [0.1, 0.15) is 19.8 Å². The van der Waals surface area contributed by atoms with Crippen molar-refractivity contribution in [2.24, 2.45) is 0 Å². The second kappa shape index (κ2) is 7.79. The summed E-state index contributed by atoms with van der Waals surface area (Å²) >= 11 is 0. The molecule has 0 unspecified atom stereocenters. The Morgan fingerprint density at radius 1 is 1.40 bits per heavy atom. The van der Waals surface area contributed by atoms with Crippen LogP contribution < -0.4 is 15.3 Å². The number of ketones is 1. The van der Waals surface area contributed by atoms with Gasteiger partial charge in [0.05, 0.1) is 24.5 Å². The van der Waals surface area contributed by atoms with Crippen LogP contribution in [0.4, 0.5) is 20.6 Å². The number of hydrogen-bond donors (Lipinski definition) is 1. The van der Waals surface area contributed by atoms with Gasteiger partial charge in [-0.05, 0) is 31.5 Å². The highest BCUT2D eigenvalue weighted by Crippen LogP contribution is 2.28. The number of Topliss-reactive ketones (excluding diaryl/α,β-unsaturated/α-hetero) is 1. The highest BCUT2D eigenvalue weighted by Gasteiger charge is 2.32. The van der Waals surface area contributed by atoms with E-state index in [1.807, 2.05) is 4.90 Å². The Morgan fingerprint density at radius 3 is 3.00 bits per heavy atom. The average Bonchev–Trinajstić information content (AvgIpc) is 2.78. The van der Waals surface area contributed by atoms with Crippen LogP contribution in [0.25, 0.3) is 0 Å². The van der Waals surface area contributed by atoms with E-state index in [2.05, 4.69) is 5.48 Å². The van der Waals surface area contributed by atoms with Gasteiger partial charge < -0.3 is 14.4 Å². The number of benzene rings is 1. The van der Waals surface area contributed by atoms with E-state index in [1.54, 1.807) is 12.1 Å². The molecule has 1 atom stereocenters. The molecule has 2 aliphatic rings. The molecule has 0 aromatic heterocycles. The summed E-state index contributed by atoms with van der Waals surface area (Å²) in [6.45, 7) is 4.13. The Bertz CT molecular complexity index is 647. The number of nitrogens with one attached hydrogen (secondary N) is 1. The highest BCUT2D eigenvalue weighted by atomic mass is 19.1. The Labute approximate surface area is 145 Å². The predicted octanol–water partition coefficient (Wildman–Crippen LogP) is 1.86. The van der Waals surface area contributed by atoms with Crippen LogP contribution >= 0.6 is 0 Å². The molecule has 2 saturated heterocycles. The molecule has 1 aromatic carbocycles. The maximum absolute atomic E-state index is 14.6. The average molecular weight is 351 g/mol. The molecule has 136 valence electrons. The summed E-state index contributed by atoms with van der Waals surface area (Å²) in [5.74, 6) is -0.333. The third-order valence-corrected chi connectivity index (χ3v) is 4.33. The fourth-order valence-corrected chi connectivity index (χ4v) is 3.00. The minimum atomic E-state index is -0.506. The molecule has 1 aromatic rings. The molecular weight excluding hydrogens is 329 g/mol. The van der Waals surface area contributed by atoms with E-state index in [0.717, 1.165) is 0 Å². The lowest BCUT2D eigenvalue weighted by atomic mass is 10.1. The summed E-state index contributed by atoms with van der Waals surface area (Å²) in [6.07, 6.45) is 0.00401. The molecule has 3 rings (SSSR count). The standard InChI is InChI=1S/C17H22FN3O4/c1-12(22)2-4-14-11-21(17(23)25-14)13-3-5-16(15(18)10-13)20-7-6-19-24-9-8-20/h3,5,10,14,19H,2,4,6-9,11H2,1H3/t14-/m0/s1. The number of carbonyl (C=O) groups excluding carboxylic acids is 2. The lowest BCUT2D eigenvalue weighted by Gasteiger charge is -2.23. The van der Waals surface area contributed by atoms with E-state index >= 15 is 0 Å². The second-order valence-corrected chi connectivity index (χ2v) is 6.22. The van der Waals surface area contributed by atoms with Crippen LogP contribution in [0.3, 0.4) is 0 Å². The second-order valence-electron chi connectivity index (χ2n) is 6.22. The minimum absolute atomic E-state index is 0.0563. The summed E-state index contributed by atoms with van der Waals surface area (Å²) in [5, 5.41) is 0. The maximum atomic E-state index is 14.6. The normalized spacial score (nSPS) is 21.2. The van der Waals surface area contributed by atoms with Crippen LogP contribution in [0.2, 0.25) is 0 Å². The first-order valence-electron chi connectivity index (χ1n) is 8.41. The third-order valence-electron chi connectivity index (χ3n) is 4.33. The van der Waals surface area contributed by atoms with E-state index in [0.29, 0.717) is 57.0 Å². The van der Waals surface area contributed by atoms with Crippen LogP contribution in [-0.2, 0) is 14.4 Å². The molecular formula is C17H22FN3O4. The van der Waals surface area contributed by atoms with Crippen molar-refractivity contribution in [3.8, 4) is 0 Å². The largest absolute Gasteiger partial charge is 0.444 e. The fraction of sp³-hybridized carbons (Fsp3) is 0.529. The van der Waals surface area contributed by atoms with E-state index in [-0.39, 0.29) is 17.7 Å². The van der Waals surface area contributed by atoms with Gasteiger partial charge in [0.2, 0.25) is 0 Å². The van der Waals surface area contributed by atoms with Crippen molar-refractivity contribution >= 4 is 23.3 Å². The Hall–Kier alpha value is -2.19. The molecule has 0 saturated carbocycles. The van der Waals surface area contributed by atoms with Crippen molar-refractivity contribution in [3.63, 3.8) is 0 Å². The van der Waals surface area contributed by atoms with E-state index in [4.69, 9.17) is 9.57 Å². The number of cyclic esters (lactones) is 1. The van der Waals surface area contributed by atoms with Gasteiger partial charge in [-0.25, -0.2) is 14.7 Å². The zero-order chi connectivity index (χ0) is 17.8. The molecule has 0 bridgehead atoms. The number of ether oxygens (including phenoxy) is 1. The number of hydroxylamine groups is 1. The van der Waals surface area contributed by atoms with Gasteiger partial charge in [-0.3, -0.25) is 9.74 Å². The number of amides is 1. The third kappa shape index (κ3) is 4.26. The summed E-state index contributed by atoms with van der Waals surface area (Å²) in [7, 11) is 0. The summed E-state index contributed by atoms with van der Waals surface area (Å²) in [4.78, 5) is 31.6. The SMILES string of the molecule is CC(=O)CC[C@H]1CN(c2ccc(N3CCNOCC3)c(F)c2)C(=O)O1. The Balaban J connectivity index is 1.69. The molecule has 2 fully saturated rings. The maximum Gasteiger partial charge on any atom is 0.414 e. The topological polar surface area (TPSA) is 71.1 Å². The molecule has 2 aliphatic heterocycles. The summed E-state index contributed by atoms with van der Waals surface area (Å²) in [6, 6.07) is 4.74. The minimum Gasteiger partial charge on any atom is -0.444 e. The number of nitrogens with zero attached hydrogens (tertiary/aromatic N) is 2. The van der Waals surface area contributed by atoms with Gasteiger partial charge in [0.15, 0.2) is 0 Å². The molecule has 8 heteroatoms. The van der Waals surface area contributed by atoms with E-state index < -0.39 is 6.09 Å². The van der Waals surface area contributed by atoms with Gasteiger partial charge >= 0.3 is 6.09 Å². The van der Waals surface area contributed by atoms with E-state index in [1.165, 1.54) is 17.9 Å². The van der Waals surface area contributed by atoms with Gasteiger partial charge in [-0.1, -0.05) is 0 Å². The highest BCUT2D eigenvalue weighted by molar-refractivity contribution is 5.90. The lowest BCUT2D eigenvalue weighted by Crippen LogP contribution is -2.29. The predicted molar refractivity (Wildman–Crippen MR) is 90.1 cm³/mol. The van der Waals surface area contributed by atoms with Crippen molar-refractivity contribution in [1.82, 2.24) is 5.48 Å². The monoisotopic (exact) mass is 351 g/mol. The molecule has 0 aliphatic carbocycles. The number of rotatable bonds is 5. The van der Waals surface area contributed by atoms with Crippen molar-refractivity contribution in [1.29, 1.82) is 0 Å². The first-order valence-corrected chi connectivity index (χ1v) is 8.41. The van der Waals surface area contributed by atoms with Crippen molar-refractivity contribution < 1.29 is 23.6 Å². The molecule has 1 amide bonds. The van der Waals surface area contributed by atoms with Crippen molar-refractivity contribution in [2.45, 2.75) is 25.9 Å². The Morgan fingerprint density at radius 2 is 2.24 bits per heavy atom. The first kappa shape index (κ1) is 17.6. The molecule has 25 heavy (non-hydrogen) atoms. The van der Waals surface area contributed by atoms with Gasteiger partial charge in [-0.2, -0.15) is 0 Å². The van der Waals surface area contributed by atoms with Gasteiger partial charge in [0.25, 0.3) is 0 Å². The molecule has 2 heterocycles. The van der Waals surface area contributed by atoms with Crippen LogP contribution in [0, 0.1) is 5.82 Å². The first-order chi connectivity index (χ1) is 12.0. The molecule has 1 N–H and O–H groups in total. The van der Waals surface area contributed by atoms with Crippen molar-refractivity contribution in [3.05, 3.63) is 24.0 Å². The van der Waals surface area contributed by atoms with E-state index in [9.17, 15) is 14.0 Å². The molecule has 7 nitrogen and oxygen atoms in total. The smallest absolute Gasteiger partial charge is 0.414 e. The van der Waals surface area contributed by atoms with Crippen molar-refractivity contribution in [2.75, 3.05) is 42.6 Å². The fourth-order valence-electron chi connectivity index (χ4n) is 3.00. The summed E-state index contributed by atoms with van der Waals surface area (Å²) < 4.78 is 19.8. The van der Waals surface area contributed by atoms with Crippen LogP contribution in [0.5, 0.6) is 0 Å². The van der Waals surface area contributed by atoms with Gasteiger partial charge in [0, 0.05) is 26.1 Å². The number of hydrogen-bond acceptors (Lipinski definition) is 6. The number of anilines is 2. The quantitative estimate of drug-likeness (QED) is 0.873. The van der Waals surface area contributed by atoms with Crippen LogP contribution in [-0.4, -0.2) is 50.8 Å². The molecule has 0 radical (unpaired) electrons. The molecule has 0 spiro atoms. The number of halogens is 1. The Kier molecular flexibility index (Phi) is 5.50. The van der Waals surface area contributed by atoms with Crippen LogP contribution in [0.15, 0.2) is 18.2 Å². The summed E-state index contributed by atoms with van der Waals surface area (Å²) in [5.41, 5.74) is 3.74. The lowest BCUT2D eigenvalue weighted by molar-refractivity contribution is -0.117. The van der Waals surface area contributed by atoms with Gasteiger partial charge in [-0.15, -0.1) is 0 Å².